The van der Waals surface area contributed by atoms with Crippen molar-refractivity contribution in [3.8, 4) is 0 Å². The first kappa shape index (κ1) is 19.2. The maximum atomic E-state index is 12.6. The van der Waals surface area contributed by atoms with Gasteiger partial charge in [0.05, 0.1) is 0 Å². The van der Waals surface area contributed by atoms with Crippen molar-refractivity contribution in [1.82, 2.24) is 4.90 Å². The van der Waals surface area contributed by atoms with Crippen LogP contribution in [0.15, 0.2) is 65.9 Å². The van der Waals surface area contributed by atoms with Gasteiger partial charge >= 0.3 is 0 Å². The lowest BCUT2D eigenvalue weighted by Crippen LogP contribution is -2.19. The molecule has 0 amide bonds. The second kappa shape index (κ2) is 8.28. The highest BCUT2D eigenvalue weighted by molar-refractivity contribution is 5.55. The lowest BCUT2D eigenvalue weighted by atomic mass is 9.97. The molecule has 1 aliphatic heterocycles. The number of hydrogen-bond acceptors (Lipinski definition) is 1. The molecule has 25 heavy (non-hydrogen) atoms. The second-order valence-corrected chi connectivity index (χ2v) is 6.67. The van der Waals surface area contributed by atoms with Gasteiger partial charge in [-0.3, -0.25) is 0 Å². The molecule has 0 fully saturated rings. The quantitative estimate of drug-likeness (QED) is 0.577. The maximum Gasteiger partial charge on any atom is 0.239 e. The van der Waals surface area contributed by atoms with Gasteiger partial charge in [-0.15, -0.1) is 0 Å². The molecule has 0 N–H and O–H groups in total. The predicted octanol–water partition coefficient (Wildman–Crippen LogP) is 6.11. The van der Waals surface area contributed by atoms with Crippen LogP contribution in [0.3, 0.4) is 0 Å². The van der Waals surface area contributed by atoms with Crippen LogP contribution in [0.4, 0.5) is 8.78 Å². The van der Waals surface area contributed by atoms with Crippen molar-refractivity contribution in [3.63, 3.8) is 0 Å². The van der Waals surface area contributed by atoms with Crippen molar-refractivity contribution in [2.24, 2.45) is 0 Å². The zero-order chi connectivity index (χ0) is 18.6. The standard InChI is InChI=1S/C22H27F2N/c1-6-7-20-14-25(13-19-10-8-15(2)12-17(19)4)18(5)22(20)16(3)9-11-21(23)24/h6-8,10,12,21H,3,5,9,11,13-14H2,1-2,4H3/b7-6-. The largest absolute Gasteiger partial charge is 0.363 e. The highest BCUT2D eigenvalue weighted by atomic mass is 19.3. The Hall–Kier alpha value is -2.16. The van der Waals surface area contributed by atoms with E-state index in [9.17, 15) is 8.78 Å². The van der Waals surface area contributed by atoms with Crippen molar-refractivity contribution in [2.75, 3.05) is 6.54 Å². The number of nitrogens with zero attached hydrogens (tertiary/aromatic N) is 1. The van der Waals surface area contributed by atoms with E-state index < -0.39 is 6.43 Å². The molecule has 0 radical (unpaired) electrons. The van der Waals surface area contributed by atoms with Gasteiger partial charge < -0.3 is 4.90 Å². The van der Waals surface area contributed by atoms with E-state index in [1.54, 1.807) is 0 Å². The van der Waals surface area contributed by atoms with E-state index in [0.717, 1.165) is 35.5 Å². The monoisotopic (exact) mass is 343 g/mol. The zero-order valence-electron chi connectivity index (χ0n) is 15.4. The Morgan fingerprint density at radius 1 is 1.32 bits per heavy atom. The third-order valence-electron chi connectivity index (χ3n) is 4.60. The van der Waals surface area contributed by atoms with Gasteiger partial charge in [-0.05, 0) is 49.5 Å². The van der Waals surface area contributed by atoms with Gasteiger partial charge in [0.2, 0.25) is 6.43 Å². The molecule has 1 heterocycles. The number of aryl methyl sites for hydroxylation is 2. The summed E-state index contributed by atoms with van der Waals surface area (Å²) < 4.78 is 25.1. The van der Waals surface area contributed by atoms with Crippen LogP contribution in [0.5, 0.6) is 0 Å². The summed E-state index contributed by atoms with van der Waals surface area (Å²) in [5, 5.41) is 0. The topological polar surface area (TPSA) is 3.24 Å². The summed E-state index contributed by atoms with van der Waals surface area (Å²) >= 11 is 0. The molecule has 0 spiro atoms. The van der Waals surface area contributed by atoms with Crippen LogP contribution in [0.2, 0.25) is 0 Å². The average molecular weight is 343 g/mol. The molecule has 0 aromatic heterocycles. The van der Waals surface area contributed by atoms with Crippen molar-refractivity contribution < 1.29 is 8.78 Å². The van der Waals surface area contributed by atoms with Gasteiger partial charge in [-0.25, -0.2) is 8.78 Å². The Labute approximate surface area is 150 Å². The summed E-state index contributed by atoms with van der Waals surface area (Å²) in [7, 11) is 0. The Kier molecular flexibility index (Phi) is 6.35. The predicted molar refractivity (Wildman–Crippen MR) is 102 cm³/mol. The van der Waals surface area contributed by atoms with Crippen LogP contribution in [-0.4, -0.2) is 17.9 Å². The molecular weight excluding hydrogens is 316 g/mol. The van der Waals surface area contributed by atoms with Crippen LogP contribution in [0.25, 0.3) is 0 Å². The van der Waals surface area contributed by atoms with Crippen LogP contribution in [0.1, 0.15) is 36.5 Å². The fourth-order valence-corrected chi connectivity index (χ4v) is 3.28. The number of allylic oxidation sites excluding steroid dienone is 2. The van der Waals surface area contributed by atoms with Crippen LogP contribution < -0.4 is 0 Å². The van der Waals surface area contributed by atoms with E-state index in [-0.39, 0.29) is 6.42 Å². The minimum Gasteiger partial charge on any atom is -0.363 e. The highest BCUT2D eigenvalue weighted by Gasteiger charge is 2.26. The van der Waals surface area contributed by atoms with Gasteiger partial charge in [-0.2, -0.15) is 0 Å². The smallest absolute Gasteiger partial charge is 0.239 e. The SMILES string of the molecule is C=C(CCC(F)F)C1=C(/C=C\C)CN(Cc2ccc(C)cc2C)C1=C. The minimum atomic E-state index is -2.30. The first-order valence-electron chi connectivity index (χ1n) is 8.66. The van der Waals surface area contributed by atoms with Crippen molar-refractivity contribution in [1.29, 1.82) is 0 Å². The van der Waals surface area contributed by atoms with Gasteiger partial charge in [-0.1, -0.05) is 49.1 Å². The van der Waals surface area contributed by atoms with E-state index in [2.05, 4.69) is 50.1 Å². The molecule has 1 aromatic rings. The molecule has 1 aliphatic rings. The molecule has 2 rings (SSSR count). The molecular formula is C22H27F2N. The molecule has 134 valence electrons. The molecule has 0 aliphatic carbocycles. The van der Waals surface area contributed by atoms with Crippen molar-refractivity contribution in [2.45, 2.75) is 46.6 Å². The summed E-state index contributed by atoms with van der Waals surface area (Å²) in [4.78, 5) is 2.20. The van der Waals surface area contributed by atoms with Crippen LogP contribution in [-0.2, 0) is 6.54 Å². The molecule has 0 atom stereocenters. The number of benzene rings is 1. The summed E-state index contributed by atoms with van der Waals surface area (Å²) in [6.07, 6.45) is 1.85. The Balaban J connectivity index is 2.20. The molecule has 1 nitrogen and oxygen atoms in total. The molecule has 0 saturated heterocycles. The summed E-state index contributed by atoms with van der Waals surface area (Å²) in [5.74, 6) is 0. The van der Waals surface area contributed by atoms with E-state index in [1.165, 1.54) is 16.7 Å². The van der Waals surface area contributed by atoms with Crippen molar-refractivity contribution in [3.05, 3.63) is 82.6 Å². The number of halogens is 2. The van der Waals surface area contributed by atoms with E-state index >= 15 is 0 Å². The molecule has 0 bridgehead atoms. The second-order valence-electron chi connectivity index (χ2n) is 6.67. The normalized spacial score (nSPS) is 15.1. The van der Waals surface area contributed by atoms with E-state index in [0.29, 0.717) is 6.42 Å². The first-order chi connectivity index (χ1) is 11.8. The Morgan fingerprint density at radius 2 is 2.04 bits per heavy atom. The molecule has 1 aromatic carbocycles. The number of rotatable bonds is 7. The van der Waals surface area contributed by atoms with Gasteiger partial charge in [0.25, 0.3) is 0 Å². The van der Waals surface area contributed by atoms with E-state index in [4.69, 9.17) is 0 Å². The maximum absolute atomic E-state index is 12.6. The average Bonchev–Trinajstić information content (AvgIpc) is 2.84. The third kappa shape index (κ3) is 4.68. The lowest BCUT2D eigenvalue weighted by molar-refractivity contribution is 0.138. The van der Waals surface area contributed by atoms with Gasteiger partial charge in [0.15, 0.2) is 0 Å². The zero-order valence-corrected chi connectivity index (χ0v) is 15.4. The molecule has 0 unspecified atom stereocenters. The number of hydrogen-bond donors (Lipinski definition) is 0. The molecule has 0 saturated carbocycles. The summed E-state index contributed by atoms with van der Waals surface area (Å²) in [6.45, 7) is 15.9. The van der Waals surface area contributed by atoms with Crippen LogP contribution in [0, 0.1) is 13.8 Å². The Bertz CT molecular complexity index is 726. The van der Waals surface area contributed by atoms with Gasteiger partial charge in [0, 0.05) is 30.8 Å². The van der Waals surface area contributed by atoms with Gasteiger partial charge in [0.1, 0.15) is 0 Å². The minimum absolute atomic E-state index is 0.157. The summed E-state index contributed by atoms with van der Waals surface area (Å²) in [5.41, 5.74) is 7.44. The van der Waals surface area contributed by atoms with E-state index in [1.807, 2.05) is 19.1 Å². The number of alkyl halides is 2. The van der Waals surface area contributed by atoms with Crippen molar-refractivity contribution >= 4 is 0 Å². The van der Waals surface area contributed by atoms with Crippen LogP contribution >= 0.6 is 0 Å². The Morgan fingerprint density at radius 3 is 2.64 bits per heavy atom. The molecule has 3 heteroatoms. The fourth-order valence-electron chi connectivity index (χ4n) is 3.28. The lowest BCUT2D eigenvalue weighted by Gasteiger charge is -2.23. The summed E-state index contributed by atoms with van der Waals surface area (Å²) in [6, 6.07) is 6.44. The third-order valence-corrected chi connectivity index (χ3v) is 4.60. The fraction of sp³-hybridized carbons (Fsp3) is 0.364. The first-order valence-corrected chi connectivity index (χ1v) is 8.66. The highest BCUT2D eigenvalue weighted by Crippen LogP contribution is 2.35.